The summed E-state index contributed by atoms with van der Waals surface area (Å²) in [5.74, 6) is 0.595. The SMILES string of the molecule is Cl.N[C@H](c1ccc2c(c1)OC(F)(F)O2)C1CCC1. The van der Waals surface area contributed by atoms with Crippen LogP contribution >= 0.6 is 12.4 Å². The smallest absolute Gasteiger partial charge is 0.395 e. The van der Waals surface area contributed by atoms with E-state index in [2.05, 4.69) is 9.47 Å². The van der Waals surface area contributed by atoms with Crippen LogP contribution in [0.25, 0.3) is 0 Å². The molecule has 1 saturated carbocycles. The zero-order chi connectivity index (χ0) is 12.0. The zero-order valence-electron chi connectivity index (χ0n) is 9.57. The molecule has 1 heterocycles. The van der Waals surface area contributed by atoms with Gasteiger partial charge in [0.2, 0.25) is 0 Å². The van der Waals surface area contributed by atoms with Crippen molar-refractivity contribution in [3.63, 3.8) is 0 Å². The average Bonchev–Trinajstić information content (AvgIpc) is 2.47. The van der Waals surface area contributed by atoms with Crippen molar-refractivity contribution < 1.29 is 18.3 Å². The molecule has 100 valence electrons. The van der Waals surface area contributed by atoms with Crippen LogP contribution in [0, 0.1) is 5.92 Å². The Morgan fingerprint density at radius 2 is 1.89 bits per heavy atom. The van der Waals surface area contributed by atoms with Crippen LogP contribution in [0.4, 0.5) is 8.78 Å². The van der Waals surface area contributed by atoms with Crippen molar-refractivity contribution in [1.82, 2.24) is 0 Å². The molecule has 3 rings (SSSR count). The quantitative estimate of drug-likeness (QED) is 0.903. The van der Waals surface area contributed by atoms with E-state index in [1.807, 2.05) is 0 Å². The summed E-state index contributed by atoms with van der Waals surface area (Å²) < 4.78 is 34.4. The number of rotatable bonds is 2. The molecule has 1 aromatic carbocycles. The van der Waals surface area contributed by atoms with E-state index in [9.17, 15) is 8.78 Å². The van der Waals surface area contributed by atoms with Gasteiger partial charge in [0.1, 0.15) is 0 Å². The van der Waals surface area contributed by atoms with Crippen molar-refractivity contribution in [2.24, 2.45) is 11.7 Å². The van der Waals surface area contributed by atoms with E-state index in [4.69, 9.17) is 5.73 Å². The summed E-state index contributed by atoms with van der Waals surface area (Å²) in [6.07, 6.45) is -0.153. The van der Waals surface area contributed by atoms with Gasteiger partial charge >= 0.3 is 6.29 Å². The lowest BCUT2D eigenvalue weighted by atomic mass is 9.77. The van der Waals surface area contributed by atoms with Gasteiger partial charge in [-0.15, -0.1) is 21.2 Å². The summed E-state index contributed by atoms with van der Waals surface area (Å²) >= 11 is 0. The molecule has 0 spiro atoms. The number of hydrogen-bond donors (Lipinski definition) is 1. The van der Waals surface area contributed by atoms with Crippen LogP contribution in [0.5, 0.6) is 11.5 Å². The third-order valence-corrected chi connectivity index (χ3v) is 3.47. The summed E-state index contributed by atoms with van der Waals surface area (Å²) in [4.78, 5) is 0. The fraction of sp³-hybridized carbons (Fsp3) is 0.500. The number of fused-ring (bicyclic) bond motifs is 1. The molecular weight excluding hydrogens is 264 g/mol. The van der Waals surface area contributed by atoms with Crippen molar-refractivity contribution in [2.75, 3.05) is 0 Å². The van der Waals surface area contributed by atoms with Crippen LogP contribution in [-0.4, -0.2) is 6.29 Å². The third-order valence-electron chi connectivity index (χ3n) is 3.47. The highest BCUT2D eigenvalue weighted by Crippen LogP contribution is 2.44. The highest BCUT2D eigenvalue weighted by Gasteiger charge is 2.43. The Kier molecular flexibility index (Phi) is 3.38. The molecule has 3 nitrogen and oxygen atoms in total. The Bertz CT molecular complexity index is 452. The molecule has 1 atom stereocenters. The lowest BCUT2D eigenvalue weighted by Crippen LogP contribution is -2.27. The topological polar surface area (TPSA) is 44.5 Å². The van der Waals surface area contributed by atoms with Gasteiger partial charge < -0.3 is 15.2 Å². The summed E-state index contributed by atoms with van der Waals surface area (Å²) in [6, 6.07) is 4.67. The molecule has 1 aromatic rings. The Labute approximate surface area is 110 Å². The minimum absolute atomic E-state index is 0. The summed E-state index contributed by atoms with van der Waals surface area (Å²) in [5, 5.41) is 0. The molecule has 2 aliphatic rings. The number of alkyl halides is 2. The van der Waals surface area contributed by atoms with Gasteiger partial charge in [0.25, 0.3) is 0 Å². The first-order chi connectivity index (χ1) is 8.05. The minimum atomic E-state index is -3.55. The van der Waals surface area contributed by atoms with Crippen LogP contribution in [0.2, 0.25) is 0 Å². The second-order valence-electron chi connectivity index (χ2n) is 4.59. The molecule has 0 bridgehead atoms. The Morgan fingerprint density at radius 1 is 1.22 bits per heavy atom. The van der Waals surface area contributed by atoms with Crippen LogP contribution in [-0.2, 0) is 0 Å². The van der Waals surface area contributed by atoms with E-state index in [1.165, 1.54) is 12.5 Å². The van der Waals surface area contributed by atoms with Crippen LogP contribution in [0.15, 0.2) is 18.2 Å². The van der Waals surface area contributed by atoms with Crippen LogP contribution < -0.4 is 15.2 Å². The van der Waals surface area contributed by atoms with Crippen molar-refractivity contribution >= 4 is 12.4 Å². The fourth-order valence-corrected chi connectivity index (χ4v) is 2.24. The molecular formula is C12H14ClF2NO2. The summed E-state index contributed by atoms with van der Waals surface area (Å²) in [6.45, 7) is 0. The van der Waals surface area contributed by atoms with Gasteiger partial charge in [-0.2, -0.15) is 0 Å². The molecule has 1 aliphatic heterocycles. The standard InChI is InChI=1S/C12H13F2NO2.ClH/c13-12(14)16-9-5-4-8(6-10(9)17-12)11(15)7-2-1-3-7;/h4-7,11H,1-3,15H2;1H/t11-;/m0./s1. The number of halogens is 3. The largest absolute Gasteiger partial charge is 0.586 e. The molecule has 6 heteroatoms. The first kappa shape index (κ1) is 13.4. The maximum Gasteiger partial charge on any atom is 0.586 e. The number of hydrogen-bond acceptors (Lipinski definition) is 3. The Balaban J connectivity index is 0.00000120. The first-order valence-corrected chi connectivity index (χ1v) is 5.70. The van der Waals surface area contributed by atoms with Gasteiger partial charge in [-0.25, -0.2) is 0 Å². The number of benzene rings is 1. The minimum Gasteiger partial charge on any atom is -0.395 e. The van der Waals surface area contributed by atoms with Crippen molar-refractivity contribution in [2.45, 2.75) is 31.6 Å². The Morgan fingerprint density at radius 3 is 2.50 bits per heavy atom. The number of nitrogens with two attached hydrogens (primary N) is 1. The predicted molar refractivity (Wildman–Crippen MR) is 64.2 cm³/mol. The van der Waals surface area contributed by atoms with E-state index in [-0.39, 0.29) is 29.9 Å². The van der Waals surface area contributed by atoms with Gasteiger partial charge in [0.05, 0.1) is 0 Å². The first-order valence-electron chi connectivity index (χ1n) is 5.70. The van der Waals surface area contributed by atoms with E-state index in [0.29, 0.717) is 5.92 Å². The summed E-state index contributed by atoms with van der Waals surface area (Å²) in [7, 11) is 0. The highest BCUT2D eigenvalue weighted by atomic mass is 35.5. The van der Waals surface area contributed by atoms with Crippen molar-refractivity contribution in [3.8, 4) is 11.5 Å². The summed E-state index contributed by atoms with van der Waals surface area (Å²) in [5.41, 5.74) is 6.91. The lowest BCUT2D eigenvalue weighted by Gasteiger charge is -2.31. The molecule has 2 N–H and O–H groups in total. The van der Waals surface area contributed by atoms with E-state index >= 15 is 0 Å². The van der Waals surface area contributed by atoms with Crippen molar-refractivity contribution in [1.29, 1.82) is 0 Å². The van der Waals surface area contributed by atoms with Gasteiger partial charge in [-0.3, -0.25) is 0 Å². The predicted octanol–water partition coefficient (Wildman–Crippen LogP) is 3.23. The average molecular weight is 278 g/mol. The second-order valence-corrected chi connectivity index (χ2v) is 4.59. The van der Waals surface area contributed by atoms with Gasteiger partial charge in [0.15, 0.2) is 11.5 Å². The molecule has 18 heavy (non-hydrogen) atoms. The second kappa shape index (κ2) is 4.55. The van der Waals surface area contributed by atoms with E-state index in [0.717, 1.165) is 18.4 Å². The molecule has 0 radical (unpaired) electrons. The van der Waals surface area contributed by atoms with Gasteiger partial charge in [0, 0.05) is 6.04 Å². The molecule has 0 aromatic heterocycles. The fourth-order valence-electron chi connectivity index (χ4n) is 2.24. The third kappa shape index (κ3) is 2.24. The molecule has 1 aliphatic carbocycles. The van der Waals surface area contributed by atoms with E-state index < -0.39 is 6.29 Å². The molecule has 1 fully saturated rings. The Hall–Kier alpha value is -1.07. The molecule has 0 amide bonds. The van der Waals surface area contributed by atoms with E-state index in [1.54, 1.807) is 12.1 Å². The monoisotopic (exact) mass is 277 g/mol. The van der Waals surface area contributed by atoms with Crippen molar-refractivity contribution in [3.05, 3.63) is 23.8 Å². The van der Waals surface area contributed by atoms with Gasteiger partial charge in [-0.1, -0.05) is 12.5 Å². The van der Waals surface area contributed by atoms with Crippen LogP contribution in [0.3, 0.4) is 0 Å². The highest BCUT2D eigenvalue weighted by molar-refractivity contribution is 5.85. The maximum atomic E-state index is 12.8. The van der Waals surface area contributed by atoms with Gasteiger partial charge in [-0.05, 0) is 36.5 Å². The molecule has 0 saturated heterocycles. The molecule has 0 unspecified atom stereocenters. The lowest BCUT2D eigenvalue weighted by molar-refractivity contribution is -0.286. The zero-order valence-corrected chi connectivity index (χ0v) is 10.4. The van der Waals surface area contributed by atoms with Crippen LogP contribution in [0.1, 0.15) is 30.9 Å². The number of ether oxygens (including phenoxy) is 2. The normalized spacial score (nSPS) is 21.9. The maximum absolute atomic E-state index is 12.8.